The van der Waals surface area contributed by atoms with E-state index in [1.54, 1.807) is 18.2 Å². The van der Waals surface area contributed by atoms with Crippen LogP contribution in [0, 0.1) is 5.82 Å². The number of methoxy groups -OCH3 is 1. The molecule has 0 saturated carbocycles. The Labute approximate surface area is 178 Å². The fourth-order valence-corrected chi connectivity index (χ4v) is 3.18. The molecule has 0 atom stereocenters. The Balaban J connectivity index is 1.65. The number of nitrogens with zero attached hydrogens (tertiary/aromatic N) is 1. The summed E-state index contributed by atoms with van der Waals surface area (Å²) in [4.78, 5) is 25.4. The van der Waals surface area contributed by atoms with Crippen LogP contribution in [0.5, 0.6) is 11.5 Å². The Hall–Kier alpha value is -4.13. The van der Waals surface area contributed by atoms with Crippen LogP contribution >= 0.6 is 0 Å². The number of halogens is 1. The summed E-state index contributed by atoms with van der Waals surface area (Å²) in [5, 5.41) is 1.08. The van der Waals surface area contributed by atoms with E-state index in [1.807, 2.05) is 30.3 Å². The third-order valence-corrected chi connectivity index (χ3v) is 4.73. The number of hydrazine groups is 1. The van der Waals surface area contributed by atoms with Gasteiger partial charge in [-0.1, -0.05) is 42.5 Å². The van der Waals surface area contributed by atoms with Crippen molar-refractivity contribution >= 4 is 23.6 Å². The minimum absolute atomic E-state index is 0.0675. The maximum absolute atomic E-state index is 13.2. The Bertz CT molecular complexity index is 1140. The Morgan fingerprint density at radius 2 is 1.71 bits per heavy atom. The van der Waals surface area contributed by atoms with Gasteiger partial charge in [0, 0.05) is 5.56 Å². The van der Waals surface area contributed by atoms with Crippen molar-refractivity contribution in [2.75, 3.05) is 12.1 Å². The quantitative estimate of drug-likeness (QED) is 0.487. The summed E-state index contributed by atoms with van der Waals surface area (Å²) in [6.07, 6.45) is 1.46. The van der Waals surface area contributed by atoms with Gasteiger partial charge in [0.25, 0.3) is 11.8 Å². The van der Waals surface area contributed by atoms with Crippen molar-refractivity contribution in [2.45, 2.75) is 6.61 Å². The van der Waals surface area contributed by atoms with E-state index in [4.69, 9.17) is 9.47 Å². The monoisotopic (exact) mass is 418 g/mol. The minimum atomic E-state index is -0.564. The zero-order chi connectivity index (χ0) is 21.8. The lowest BCUT2D eigenvalue weighted by Crippen LogP contribution is -2.35. The molecule has 1 saturated heterocycles. The van der Waals surface area contributed by atoms with Crippen LogP contribution in [0.3, 0.4) is 0 Å². The first-order chi connectivity index (χ1) is 15.1. The number of para-hydroxylation sites is 1. The van der Waals surface area contributed by atoms with Crippen LogP contribution in [-0.2, 0) is 16.2 Å². The van der Waals surface area contributed by atoms with E-state index in [2.05, 4.69) is 5.43 Å². The van der Waals surface area contributed by atoms with Crippen molar-refractivity contribution in [3.05, 3.63) is 95.3 Å². The van der Waals surface area contributed by atoms with Gasteiger partial charge >= 0.3 is 0 Å². The number of hydrogen-bond donors (Lipinski definition) is 1. The second-order valence-electron chi connectivity index (χ2n) is 6.77. The molecule has 1 aliphatic heterocycles. The smallest absolute Gasteiger partial charge is 0.282 e. The van der Waals surface area contributed by atoms with E-state index in [-0.39, 0.29) is 5.57 Å². The van der Waals surface area contributed by atoms with Crippen LogP contribution in [0.4, 0.5) is 10.1 Å². The van der Waals surface area contributed by atoms with Crippen molar-refractivity contribution in [2.24, 2.45) is 0 Å². The molecule has 2 amide bonds. The number of amides is 2. The van der Waals surface area contributed by atoms with Gasteiger partial charge in [0.1, 0.15) is 18.0 Å². The number of nitrogens with one attached hydrogen (secondary N) is 1. The van der Waals surface area contributed by atoms with Gasteiger partial charge in [-0.3, -0.25) is 15.0 Å². The highest BCUT2D eigenvalue weighted by Crippen LogP contribution is 2.34. The van der Waals surface area contributed by atoms with E-state index in [0.717, 1.165) is 10.6 Å². The predicted octanol–water partition coefficient (Wildman–Crippen LogP) is 3.87. The van der Waals surface area contributed by atoms with Crippen LogP contribution in [0.1, 0.15) is 11.1 Å². The van der Waals surface area contributed by atoms with E-state index in [9.17, 15) is 14.0 Å². The molecule has 0 spiro atoms. The molecule has 7 heteroatoms. The SMILES string of the molecule is COc1cccc(C=C2C(=O)NN(c3ccc(F)cc3)C2=O)c1OCc1ccccc1. The fourth-order valence-electron chi connectivity index (χ4n) is 3.18. The van der Waals surface area contributed by atoms with Gasteiger partial charge in [0.05, 0.1) is 12.8 Å². The molecule has 1 N–H and O–H groups in total. The molecule has 1 heterocycles. The van der Waals surface area contributed by atoms with Crippen LogP contribution in [0.25, 0.3) is 6.08 Å². The van der Waals surface area contributed by atoms with Crippen LogP contribution in [0.2, 0.25) is 0 Å². The maximum atomic E-state index is 13.2. The van der Waals surface area contributed by atoms with E-state index in [1.165, 1.54) is 37.5 Å². The molecule has 0 aliphatic carbocycles. The van der Waals surface area contributed by atoms with Crippen molar-refractivity contribution in [3.8, 4) is 11.5 Å². The second-order valence-corrected chi connectivity index (χ2v) is 6.77. The number of benzene rings is 3. The number of rotatable bonds is 6. The number of carbonyl (C=O) groups excluding carboxylic acids is 2. The van der Waals surface area contributed by atoms with E-state index >= 15 is 0 Å². The molecule has 1 aliphatic rings. The highest BCUT2D eigenvalue weighted by atomic mass is 19.1. The molecule has 156 valence electrons. The summed E-state index contributed by atoms with van der Waals surface area (Å²) in [6, 6.07) is 20.1. The predicted molar refractivity (Wildman–Crippen MR) is 114 cm³/mol. The first-order valence-corrected chi connectivity index (χ1v) is 9.53. The molecule has 3 aromatic carbocycles. The van der Waals surface area contributed by atoms with Crippen LogP contribution in [-0.4, -0.2) is 18.9 Å². The Kier molecular flexibility index (Phi) is 5.66. The average Bonchev–Trinajstić information content (AvgIpc) is 3.07. The van der Waals surface area contributed by atoms with Gasteiger partial charge < -0.3 is 9.47 Å². The summed E-state index contributed by atoms with van der Waals surface area (Å²) in [7, 11) is 1.52. The third-order valence-electron chi connectivity index (χ3n) is 4.73. The molecular formula is C24H19FN2O4. The molecule has 0 radical (unpaired) electrons. The zero-order valence-electron chi connectivity index (χ0n) is 16.7. The zero-order valence-corrected chi connectivity index (χ0v) is 16.7. The van der Waals surface area contributed by atoms with Crippen molar-refractivity contribution in [1.29, 1.82) is 0 Å². The van der Waals surface area contributed by atoms with Gasteiger partial charge in [0.2, 0.25) is 0 Å². The molecular weight excluding hydrogens is 399 g/mol. The molecule has 3 aromatic rings. The molecule has 4 rings (SSSR count). The number of hydrogen-bond acceptors (Lipinski definition) is 4. The highest BCUT2D eigenvalue weighted by molar-refractivity contribution is 6.31. The highest BCUT2D eigenvalue weighted by Gasteiger charge is 2.34. The molecule has 1 fully saturated rings. The lowest BCUT2D eigenvalue weighted by atomic mass is 10.1. The molecule has 0 bridgehead atoms. The lowest BCUT2D eigenvalue weighted by Gasteiger charge is -2.14. The molecule has 0 unspecified atom stereocenters. The first-order valence-electron chi connectivity index (χ1n) is 9.53. The number of ether oxygens (including phenoxy) is 2. The van der Waals surface area contributed by atoms with Crippen molar-refractivity contribution in [3.63, 3.8) is 0 Å². The van der Waals surface area contributed by atoms with Crippen molar-refractivity contribution < 1.29 is 23.5 Å². The Morgan fingerprint density at radius 1 is 0.968 bits per heavy atom. The van der Waals surface area contributed by atoms with E-state index in [0.29, 0.717) is 29.4 Å². The van der Waals surface area contributed by atoms with Gasteiger partial charge in [0.15, 0.2) is 11.5 Å². The Morgan fingerprint density at radius 3 is 2.42 bits per heavy atom. The minimum Gasteiger partial charge on any atom is -0.493 e. The summed E-state index contributed by atoms with van der Waals surface area (Å²) < 4.78 is 24.6. The summed E-state index contributed by atoms with van der Waals surface area (Å²) in [6.45, 7) is 0.291. The fraction of sp³-hybridized carbons (Fsp3) is 0.0833. The normalized spacial score (nSPS) is 14.6. The van der Waals surface area contributed by atoms with Gasteiger partial charge in [-0.15, -0.1) is 0 Å². The first kappa shape index (κ1) is 20.2. The van der Waals surface area contributed by atoms with Crippen molar-refractivity contribution in [1.82, 2.24) is 5.43 Å². The lowest BCUT2D eigenvalue weighted by molar-refractivity contribution is -0.117. The average molecular weight is 418 g/mol. The molecule has 6 nitrogen and oxygen atoms in total. The molecule has 0 aromatic heterocycles. The van der Waals surface area contributed by atoms with Gasteiger partial charge in [-0.05, 0) is 42.0 Å². The summed E-state index contributed by atoms with van der Waals surface area (Å²) >= 11 is 0. The second kappa shape index (κ2) is 8.71. The topological polar surface area (TPSA) is 67.9 Å². The van der Waals surface area contributed by atoms with Crippen LogP contribution < -0.4 is 19.9 Å². The standard InChI is InChI=1S/C24H19FN2O4/c1-30-21-9-5-8-17(22(21)31-15-16-6-3-2-4-7-16)14-20-23(28)26-27(24(20)29)19-12-10-18(25)11-13-19/h2-14H,15H2,1H3,(H,26,28). The van der Waals surface area contributed by atoms with Gasteiger partial charge in [-0.2, -0.15) is 0 Å². The van der Waals surface area contributed by atoms with Gasteiger partial charge in [-0.25, -0.2) is 9.40 Å². The summed E-state index contributed by atoms with van der Waals surface area (Å²) in [5.74, 6) is -0.651. The third kappa shape index (κ3) is 4.25. The largest absolute Gasteiger partial charge is 0.493 e. The molecule has 31 heavy (non-hydrogen) atoms. The van der Waals surface area contributed by atoms with E-state index < -0.39 is 17.6 Å². The number of anilines is 1. The number of carbonyl (C=O) groups is 2. The maximum Gasteiger partial charge on any atom is 0.282 e. The van der Waals surface area contributed by atoms with Crippen LogP contribution in [0.15, 0.2) is 78.4 Å². The summed E-state index contributed by atoms with van der Waals surface area (Å²) in [5.41, 5.74) is 4.27.